The highest BCUT2D eigenvalue weighted by Gasteiger charge is 2.66. The number of ether oxygens (including phenoxy) is 2. The number of rotatable bonds is 4. The van der Waals surface area contributed by atoms with Crippen LogP contribution in [-0.2, 0) is 34.3 Å². The minimum Gasteiger partial charge on any atom is -0.341 e. The zero-order valence-electron chi connectivity index (χ0n) is 20.7. The number of fused-ring (bicyclic) bond motifs is 1. The number of hydrogen-bond donors (Lipinski definition) is 0. The molecule has 37 heavy (non-hydrogen) atoms. The normalized spacial score (nSPS) is 24.2. The highest BCUT2D eigenvalue weighted by atomic mass is 31.1. The molecule has 188 valence electrons. The summed E-state index contributed by atoms with van der Waals surface area (Å²) in [6.07, 6.45) is -1.41. The first-order valence-electron chi connectivity index (χ1n) is 12.5. The second kappa shape index (κ2) is 9.36. The Balaban J connectivity index is 1.69. The molecule has 6 rings (SSSR count). The number of benzene rings is 4. The van der Waals surface area contributed by atoms with Crippen LogP contribution in [0.5, 0.6) is 0 Å². The van der Waals surface area contributed by atoms with Crippen molar-refractivity contribution < 1.29 is 23.1 Å². The summed E-state index contributed by atoms with van der Waals surface area (Å²) >= 11 is 0. The van der Waals surface area contributed by atoms with Crippen LogP contribution in [0.1, 0.15) is 36.1 Å². The van der Waals surface area contributed by atoms with Crippen molar-refractivity contribution in [1.29, 1.82) is 0 Å². The third-order valence-electron chi connectivity index (χ3n) is 7.20. The summed E-state index contributed by atoms with van der Waals surface area (Å²) in [4.78, 5) is 0. The van der Waals surface area contributed by atoms with Crippen molar-refractivity contribution in [2.75, 3.05) is 0 Å². The van der Waals surface area contributed by atoms with Crippen LogP contribution in [0.4, 0.5) is 0 Å². The van der Waals surface area contributed by atoms with Crippen molar-refractivity contribution >= 4 is 8.25 Å². The zero-order valence-corrected chi connectivity index (χ0v) is 21.7. The molecule has 0 N–H and O–H groups in total. The molecular formula is C31H29O5P. The van der Waals surface area contributed by atoms with Crippen LogP contribution in [0.15, 0.2) is 121 Å². The predicted molar refractivity (Wildman–Crippen MR) is 142 cm³/mol. The van der Waals surface area contributed by atoms with Gasteiger partial charge in [0.2, 0.25) is 0 Å². The van der Waals surface area contributed by atoms with Gasteiger partial charge in [0.15, 0.2) is 17.0 Å². The van der Waals surface area contributed by atoms with Crippen LogP contribution in [0.2, 0.25) is 0 Å². The fourth-order valence-corrected chi connectivity index (χ4v) is 7.00. The molecule has 0 spiro atoms. The van der Waals surface area contributed by atoms with Gasteiger partial charge in [-0.25, -0.2) is 0 Å². The Kier molecular flexibility index (Phi) is 6.15. The van der Waals surface area contributed by atoms with E-state index in [1.54, 1.807) is 0 Å². The van der Waals surface area contributed by atoms with Crippen molar-refractivity contribution in [3.63, 3.8) is 0 Å². The lowest BCUT2D eigenvalue weighted by molar-refractivity contribution is -0.174. The lowest BCUT2D eigenvalue weighted by atomic mass is 9.72. The van der Waals surface area contributed by atoms with Crippen molar-refractivity contribution in [3.05, 3.63) is 144 Å². The molecule has 6 heteroatoms. The molecule has 0 bridgehead atoms. The van der Waals surface area contributed by atoms with E-state index in [2.05, 4.69) is 0 Å². The van der Waals surface area contributed by atoms with Gasteiger partial charge in [-0.2, -0.15) is 0 Å². The van der Waals surface area contributed by atoms with Gasteiger partial charge in [0.05, 0.1) is 0 Å². The molecule has 2 fully saturated rings. The molecule has 5 nitrogen and oxygen atoms in total. The first-order chi connectivity index (χ1) is 18.0. The molecule has 2 heterocycles. The maximum absolute atomic E-state index is 14.0. The van der Waals surface area contributed by atoms with Crippen LogP contribution in [0, 0.1) is 0 Å². The lowest BCUT2D eigenvalue weighted by Gasteiger charge is -2.41. The van der Waals surface area contributed by atoms with E-state index in [0.29, 0.717) is 0 Å². The molecule has 0 aromatic heterocycles. The van der Waals surface area contributed by atoms with E-state index < -0.39 is 37.5 Å². The quantitative estimate of drug-likeness (QED) is 0.281. The Hall–Kier alpha value is -3.05. The van der Waals surface area contributed by atoms with Crippen LogP contribution in [0.25, 0.3) is 0 Å². The van der Waals surface area contributed by atoms with Gasteiger partial charge in [0.1, 0.15) is 12.2 Å². The van der Waals surface area contributed by atoms with E-state index >= 15 is 0 Å². The highest BCUT2D eigenvalue weighted by molar-refractivity contribution is 7.33. The Morgan fingerprint density at radius 1 is 0.514 bits per heavy atom. The van der Waals surface area contributed by atoms with Crippen molar-refractivity contribution in [2.45, 2.75) is 43.0 Å². The monoisotopic (exact) mass is 512 g/mol. The summed E-state index contributed by atoms with van der Waals surface area (Å²) in [5.74, 6) is -0.960. The molecule has 0 saturated carbocycles. The molecule has 2 aliphatic rings. The SMILES string of the molecule is CC1(C)O[C@@H]2[C@@H](O1)C(c1ccccc1)(c1ccccc1)O[PH](=O)OC2(c1ccccc1)c1ccccc1. The molecule has 0 unspecified atom stereocenters. The fourth-order valence-electron chi connectivity index (χ4n) is 5.72. The first kappa shape index (κ1) is 24.3. The lowest BCUT2D eigenvalue weighted by Crippen LogP contribution is -2.53. The van der Waals surface area contributed by atoms with Gasteiger partial charge in [-0.3, -0.25) is 13.6 Å². The van der Waals surface area contributed by atoms with Gasteiger partial charge < -0.3 is 9.47 Å². The van der Waals surface area contributed by atoms with E-state index in [1.807, 2.05) is 135 Å². The van der Waals surface area contributed by atoms with E-state index in [9.17, 15) is 4.57 Å². The van der Waals surface area contributed by atoms with Crippen molar-refractivity contribution in [2.24, 2.45) is 0 Å². The molecule has 4 aromatic rings. The third-order valence-corrected chi connectivity index (χ3v) is 8.17. The molecule has 2 atom stereocenters. The second-order valence-corrected chi connectivity index (χ2v) is 10.8. The average molecular weight is 513 g/mol. The first-order valence-corrected chi connectivity index (χ1v) is 13.7. The minimum atomic E-state index is -3.12. The number of hydrogen-bond acceptors (Lipinski definition) is 5. The summed E-state index contributed by atoms with van der Waals surface area (Å²) in [5.41, 5.74) is 0.769. The Morgan fingerprint density at radius 2 is 0.784 bits per heavy atom. The van der Waals surface area contributed by atoms with E-state index in [1.165, 1.54) is 0 Å². The summed E-state index contributed by atoms with van der Waals surface area (Å²) in [7, 11) is -3.12. The molecular weight excluding hydrogens is 483 g/mol. The van der Waals surface area contributed by atoms with Gasteiger partial charge >= 0.3 is 8.25 Å². The molecule has 0 amide bonds. The zero-order chi connectivity index (χ0) is 25.5. The topological polar surface area (TPSA) is 54.0 Å². The standard InChI is InChI=1S/C31H29O5P/c1-29(2)33-27-28(34-29)31(25-19-11-5-12-20-25,26-21-13-6-14-22-26)36-37(32)35-30(27,23-15-7-3-8-16-23)24-17-9-4-10-18-24/h3-22,27-28,37H,1-2H3/t27-,28-/m1/s1. The van der Waals surface area contributed by atoms with Gasteiger partial charge in [0.25, 0.3) is 0 Å². The summed E-state index contributed by atoms with van der Waals surface area (Å²) in [5, 5.41) is 0. The summed E-state index contributed by atoms with van der Waals surface area (Å²) < 4.78 is 40.7. The fraction of sp³-hybridized carbons (Fsp3) is 0.226. The summed E-state index contributed by atoms with van der Waals surface area (Å²) in [6, 6.07) is 39.2. The van der Waals surface area contributed by atoms with Crippen LogP contribution in [0.3, 0.4) is 0 Å². The largest absolute Gasteiger partial charge is 0.341 e. The maximum atomic E-state index is 14.0. The predicted octanol–water partition coefficient (Wildman–Crippen LogP) is 6.83. The second-order valence-electron chi connectivity index (χ2n) is 9.87. The molecule has 0 aliphatic carbocycles. The van der Waals surface area contributed by atoms with Gasteiger partial charge in [-0.05, 0) is 36.1 Å². The van der Waals surface area contributed by atoms with E-state index in [-0.39, 0.29) is 0 Å². The van der Waals surface area contributed by atoms with Crippen LogP contribution in [-0.4, -0.2) is 18.0 Å². The third kappa shape index (κ3) is 3.99. The van der Waals surface area contributed by atoms with E-state index in [4.69, 9.17) is 18.5 Å². The molecule has 0 radical (unpaired) electrons. The molecule has 2 saturated heterocycles. The van der Waals surface area contributed by atoms with Crippen LogP contribution >= 0.6 is 8.25 Å². The Labute approximate surface area is 217 Å². The Bertz CT molecular complexity index is 1190. The minimum absolute atomic E-state index is 0.704. The van der Waals surface area contributed by atoms with Crippen molar-refractivity contribution in [3.8, 4) is 0 Å². The summed E-state index contributed by atoms with van der Waals surface area (Å²) in [6.45, 7) is 3.79. The van der Waals surface area contributed by atoms with Crippen molar-refractivity contribution in [1.82, 2.24) is 0 Å². The molecule has 2 aliphatic heterocycles. The Morgan fingerprint density at radius 3 is 1.05 bits per heavy atom. The van der Waals surface area contributed by atoms with Gasteiger partial charge in [-0.1, -0.05) is 121 Å². The van der Waals surface area contributed by atoms with Crippen LogP contribution < -0.4 is 0 Å². The highest BCUT2D eigenvalue weighted by Crippen LogP contribution is 2.61. The average Bonchev–Trinajstić information content (AvgIpc) is 3.23. The smallest absolute Gasteiger partial charge is 0.321 e. The van der Waals surface area contributed by atoms with E-state index in [0.717, 1.165) is 22.3 Å². The van der Waals surface area contributed by atoms with Gasteiger partial charge in [-0.15, -0.1) is 0 Å². The maximum Gasteiger partial charge on any atom is 0.321 e. The molecule has 4 aromatic carbocycles. The van der Waals surface area contributed by atoms with Gasteiger partial charge in [0, 0.05) is 0 Å².